The van der Waals surface area contributed by atoms with Crippen LogP contribution in [0.2, 0.25) is 0 Å². The molecule has 0 amide bonds. The summed E-state index contributed by atoms with van der Waals surface area (Å²) in [5, 5.41) is 1.89. The fraction of sp³-hybridized carbons (Fsp3) is 1.00. The van der Waals surface area contributed by atoms with E-state index in [4.69, 9.17) is 4.74 Å². The summed E-state index contributed by atoms with van der Waals surface area (Å²) in [6, 6.07) is 0. The fourth-order valence-corrected chi connectivity index (χ4v) is 0.384. The second kappa shape index (κ2) is 1.55. The predicted molar refractivity (Wildman–Crippen MR) is 21.7 cm³/mol. The van der Waals surface area contributed by atoms with Gasteiger partial charge in [-0.15, -0.1) is 0 Å². The fourth-order valence-electron chi connectivity index (χ4n) is 0.384. The Hall–Kier alpha value is -0.120. The van der Waals surface area contributed by atoms with Crippen molar-refractivity contribution in [1.29, 1.82) is 0 Å². The Balaban J connectivity index is 2.18. The lowest BCUT2D eigenvalue weighted by Gasteiger charge is -1.99. The Morgan fingerprint density at radius 3 is 2.83 bits per heavy atom. The quantitative estimate of drug-likeness (QED) is 0.426. The molecular weight excluding hydrogens is 80.0 g/mol. The van der Waals surface area contributed by atoms with Gasteiger partial charge >= 0.3 is 0 Å². The maximum atomic E-state index is 4.87. The molecular formula is C3H8N2O. The van der Waals surface area contributed by atoms with Crippen molar-refractivity contribution in [3.8, 4) is 0 Å². The van der Waals surface area contributed by atoms with Gasteiger partial charge < -0.3 is 4.74 Å². The van der Waals surface area contributed by atoms with E-state index in [0.717, 1.165) is 0 Å². The Morgan fingerprint density at radius 1 is 1.83 bits per heavy atom. The third kappa shape index (κ3) is 0.680. The summed E-state index contributed by atoms with van der Waals surface area (Å²) >= 11 is 0. The number of hydrazine groups is 1. The lowest BCUT2D eigenvalue weighted by Crippen LogP contribution is -2.25. The van der Waals surface area contributed by atoms with E-state index in [2.05, 4.69) is 5.43 Å². The molecule has 0 aromatic carbocycles. The summed E-state index contributed by atoms with van der Waals surface area (Å²) in [5.74, 6) is 0. The molecule has 3 heteroatoms. The first-order valence-electron chi connectivity index (χ1n) is 1.92. The summed E-state index contributed by atoms with van der Waals surface area (Å²) < 4.78 is 4.87. The SMILES string of the molecule is CN1COCN1. The Morgan fingerprint density at radius 2 is 2.67 bits per heavy atom. The van der Waals surface area contributed by atoms with Gasteiger partial charge in [0.25, 0.3) is 0 Å². The average molecular weight is 88.1 g/mol. The lowest BCUT2D eigenvalue weighted by molar-refractivity contribution is 0.153. The molecule has 0 aromatic heterocycles. The third-order valence-electron chi connectivity index (χ3n) is 0.721. The average Bonchev–Trinajstić information content (AvgIpc) is 1.86. The molecule has 1 aliphatic heterocycles. The van der Waals surface area contributed by atoms with E-state index in [0.29, 0.717) is 13.5 Å². The summed E-state index contributed by atoms with van der Waals surface area (Å²) in [5.41, 5.74) is 2.93. The van der Waals surface area contributed by atoms with Crippen LogP contribution in [0.3, 0.4) is 0 Å². The number of hydrogen-bond donors (Lipinski definition) is 1. The van der Waals surface area contributed by atoms with Crippen LogP contribution in [0.15, 0.2) is 0 Å². The van der Waals surface area contributed by atoms with Crippen LogP contribution in [-0.4, -0.2) is 25.5 Å². The van der Waals surface area contributed by atoms with Crippen molar-refractivity contribution in [3.05, 3.63) is 0 Å². The Kier molecular flexibility index (Phi) is 1.05. The molecule has 1 saturated heterocycles. The zero-order valence-corrected chi connectivity index (χ0v) is 3.77. The molecule has 1 heterocycles. The van der Waals surface area contributed by atoms with Gasteiger partial charge in [0.2, 0.25) is 0 Å². The number of rotatable bonds is 0. The highest BCUT2D eigenvalue weighted by atomic mass is 16.5. The molecule has 6 heavy (non-hydrogen) atoms. The highest BCUT2D eigenvalue weighted by Crippen LogP contribution is 1.83. The van der Waals surface area contributed by atoms with Crippen LogP contribution in [0.4, 0.5) is 0 Å². The first-order valence-corrected chi connectivity index (χ1v) is 1.92. The summed E-state index contributed by atoms with van der Waals surface area (Å²) in [6.45, 7) is 1.37. The standard InChI is InChI=1S/C3H8N2O/c1-5-3-6-2-4-5/h4H,2-3H2,1H3. The lowest BCUT2D eigenvalue weighted by atomic mass is 11.1. The second-order valence-electron chi connectivity index (χ2n) is 1.33. The van der Waals surface area contributed by atoms with Gasteiger partial charge in [0.05, 0.1) is 0 Å². The van der Waals surface area contributed by atoms with Crippen LogP contribution in [0.1, 0.15) is 0 Å². The molecule has 0 radical (unpaired) electrons. The maximum Gasteiger partial charge on any atom is 0.113 e. The van der Waals surface area contributed by atoms with Crippen LogP contribution in [0.25, 0.3) is 0 Å². The third-order valence-corrected chi connectivity index (χ3v) is 0.721. The van der Waals surface area contributed by atoms with Gasteiger partial charge in [-0.05, 0) is 0 Å². The molecule has 1 N–H and O–H groups in total. The van der Waals surface area contributed by atoms with Gasteiger partial charge in [-0.1, -0.05) is 0 Å². The van der Waals surface area contributed by atoms with Crippen molar-refractivity contribution in [2.24, 2.45) is 0 Å². The molecule has 0 unspecified atom stereocenters. The highest BCUT2D eigenvalue weighted by Gasteiger charge is 2.01. The normalized spacial score (nSPS) is 25.5. The smallest absolute Gasteiger partial charge is 0.113 e. The van der Waals surface area contributed by atoms with Gasteiger partial charge in [0, 0.05) is 7.05 Å². The van der Waals surface area contributed by atoms with Crippen LogP contribution >= 0.6 is 0 Å². The first kappa shape index (κ1) is 4.05. The topological polar surface area (TPSA) is 24.5 Å². The Labute approximate surface area is 36.9 Å². The van der Waals surface area contributed by atoms with Crippen LogP contribution < -0.4 is 5.43 Å². The van der Waals surface area contributed by atoms with Gasteiger partial charge in [-0.2, -0.15) is 0 Å². The van der Waals surface area contributed by atoms with Gasteiger partial charge in [0.1, 0.15) is 13.5 Å². The van der Waals surface area contributed by atoms with Crippen LogP contribution in [0, 0.1) is 0 Å². The minimum absolute atomic E-state index is 0.663. The van der Waals surface area contributed by atoms with Crippen molar-refractivity contribution in [2.45, 2.75) is 0 Å². The van der Waals surface area contributed by atoms with Crippen molar-refractivity contribution >= 4 is 0 Å². The van der Waals surface area contributed by atoms with E-state index < -0.39 is 0 Å². The van der Waals surface area contributed by atoms with Crippen molar-refractivity contribution < 1.29 is 4.74 Å². The highest BCUT2D eigenvalue weighted by molar-refractivity contribution is 4.35. The van der Waals surface area contributed by atoms with E-state index in [-0.39, 0.29) is 0 Å². The van der Waals surface area contributed by atoms with Crippen molar-refractivity contribution in [3.63, 3.8) is 0 Å². The predicted octanol–water partition coefficient (Wildman–Crippen LogP) is -0.632. The second-order valence-corrected chi connectivity index (χ2v) is 1.33. The Bertz CT molecular complexity index is 42.1. The van der Waals surface area contributed by atoms with Gasteiger partial charge in [-0.3, -0.25) is 0 Å². The minimum atomic E-state index is 0.663. The molecule has 0 saturated carbocycles. The maximum absolute atomic E-state index is 4.87. The zero-order valence-electron chi connectivity index (χ0n) is 3.77. The van der Waals surface area contributed by atoms with E-state index in [9.17, 15) is 0 Å². The number of ether oxygens (including phenoxy) is 1. The number of nitrogens with one attached hydrogen (secondary N) is 1. The molecule has 0 aromatic rings. The van der Waals surface area contributed by atoms with E-state index in [1.165, 1.54) is 0 Å². The molecule has 3 nitrogen and oxygen atoms in total. The van der Waals surface area contributed by atoms with Crippen LogP contribution in [-0.2, 0) is 4.74 Å². The van der Waals surface area contributed by atoms with Gasteiger partial charge in [0.15, 0.2) is 0 Å². The summed E-state index contributed by atoms with van der Waals surface area (Å²) in [6.07, 6.45) is 0. The van der Waals surface area contributed by atoms with E-state index in [1.54, 1.807) is 0 Å². The van der Waals surface area contributed by atoms with Crippen molar-refractivity contribution in [2.75, 3.05) is 20.5 Å². The molecule has 0 atom stereocenters. The summed E-state index contributed by atoms with van der Waals surface area (Å²) in [4.78, 5) is 0. The molecule has 1 rings (SSSR count). The number of nitrogens with zero attached hydrogens (tertiary/aromatic N) is 1. The molecule has 0 bridgehead atoms. The van der Waals surface area contributed by atoms with Crippen molar-refractivity contribution in [1.82, 2.24) is 10.4 Å². The van der Waals surface area contributed by atoms with E-state index in [1.807, 2.05) is 12.1 Å². The monoisotopic (exact) mass is 88.1 g/mol. The zero-order chi connectivity index (χ0) is 4.41. The molecule has 0 aliphatic carbocycles. The minimum Gasteiger partial charge on any atom is -0.348 e. The molecule has 1 aliphatic rings. The van der Waals surface area contributed by atoms with Gasteiger partial charge in [-0.25, -0.2) is 10.4 Å². The molecule has 36 valence electrons. The molecule has 0 spiro atoms. The molecule has 1 fully saturated rings. The summed E-state index contributed by atoms with van der Waals surface area (Å²) in [7, 11) is 1.94. The number of hydrogen-bond acceptors (Lipinski definition) is 3. The largest absolute Gasteiger partial charge is 0.348 e. The van der Waals surface area contributed by atoms with Crippen LogP contribution in [0.5, 0.6) is 0 Å². The van der Waals surface area contributed by atoms with E-state index >= 15 is 0 Å². The first-order chi connectivity index (χ1) is 2.89.